The topological polar surface area (TPSA) is 46.9 Å². The molecule has 2 rings (SSSR count). The Kier molecular flexibility index (Phi) is 4.96. The number of nitrogens with one attached hydrogen (secondary N) is 1. The van der Waals surface area contributed by atoms with Gasteiger partial charge in [-0.05, 0) is 24.6 Å². The van der Waals surface area contributed by atoms with Gasteiger partial charge in [-0.15, -0.1) is 0 Å². The summed E-state index contributed by atoms with van der Waals surface area (Å²) in [6.45, 7) is 3.30. The molecule has 4 nitrogen and oxygen atoms in total. The van der Waals surface area contributed by atoms with Crippen LogP contribution in [0.2, 0.25) is 5.02 Å². The zero-order valence-electron chi connectivity index (χ0n) is 11.2. The second-order valence-electron chi connectivity index (χ2n) is 4.28. The average Bonchev–Trinajstić information content (AvgIpc) is 2.92. The van der Waals surface area contributed by atoms with Crippen molar-refractivity contribution in [3.05, 3.63) is 58.9 Å². The average molecular weight is 290 g/mol. The van der Waals surface area contributed by atoms with Crippen molar-refractivity contribution in [2.24, 2.45) is 0 Å². The first kappa shape index (κ1) is 14.3. The van der Waals surface area contributed by atoms with E-state index < -0.39 is 0 Å². The summed E-state index contributed by atoms with van der Waals surface area (Å²) < 4.78 is 1.82. The van der Waals surface area contributed by atoms with Crippen LogP contribution >= 0.6 is 11.6 Å². The van der Waals surface area contributed by atoms with Gasteiger partial charge in [0, 0.05) is 35.9 Å². The van der Waals surface area contributed by atoms with E-state index in [-0.39, 0.29) is 5.91 Å². The number of hydrogen-bond donors (Lipinski definition) is 1. The van der Waals surface area contributed by atoms with Crippen molar-refractivity contribution in [1.82, 2.24) is 15.1 Å². The molecule has 0 atom stereocenters. The number of nitrogens with zero attached hydrogens (tertiary/aromatic N) is 2. The Morgan fingerprint density at radius 1 is 1.45 bits per heavy atom. The Bertz CT molecular complexity index is 619. The Morgan fingerprint density at radius 3 is 2.95 bits per heavy atom. The van der Waals surface area contributed by atoms with E-state index in [4.69, 9.17) is 11.6 Å². The molecule has 5 heteroatoms. The van der Waals surface area contributed by atoms with Gasteiger partial charge in [0.15, 0.2) is 0 Å². The fourth-order valence-electron chi connectivity index (χ4n) is 1.69. The van der Waals surface area contributed by atoms with Crippen LogP contribution in [0.3, 0.4) is 0 Å². The summed E-state index contributed by atoms with van der Waals surface area (Å²) in [5, 5.41) is 7.58. The number of benzene rings is 1. The number of amides is 1. The van der Waals surface area contributed by atoms with Gasteiger partial charge in [-0.3, -0.25) is 9.48 Å². The van der Waals surface area contributed by atoms with Crippen molar-refractivity contribution in [2.75, 3.05) is 0 Å². The molecule has 0 fully saturated rings. The van der Waals surface area contributed by atoms with Gasteiger partial charge in [0.05, 0.1) is 6.20 Å². The van der Waals surface area contributed by atoms with E-state index in [2.05, 4.69) is 10.4 Å². The number of hydrogen-bond acceptors (Lipinski definition) is 2. The van der Waals surface area contributed by atoms with Crippen LogP contribution < -0.4 is 5.32 Å². The number of carbonyl (C=O) groups excluding carboxylic acids is 1. The van der Waals surface area contributed by atoms with Gasteiger partial charge in [-0.25, -0.2) is 0 Å². The van der Waals surface area contributed by atoms with Crippen LogP contribution in [-0.4, -0.2) is 15.7 Å². The van der Waals surface area contributed by atoms with Crippen LogP contribution in [0.1, 0.15) is 18.1 Å². The number of rotatable bonds is 5. The van der Waals surface area contributed by atoms with Crippen LogP contribution in [0.15, 0.2) is 42.7 Å². The third-order valence-corrected chi connectivity index (χ3v) is 3.14. The van der Waals surface area contributed by atoms with E-state index in [0.29, 0.717) is 11.6 Å². The zero-order valence-corrected chi connectivity index (χ0v) is 12.0. The first-order chi connectivity index (χ1) is 9.69. The summed E-state index contributed by atoms with van der Waals surface area (Å²) in [6, 6.07) is 7.38. The highest BCUT2D eigenvalue weighted by molar-refractivity contribution is 6.32. The van der Waals surface area contributed by atoms with Gasteiger partial charge in [0.2, 0.25) is 5.91 Å². The number of carbonyl (C=O) groups is 1. The standard InChI is InChI=1S/C15H16ClN3O/c1-2-19-11-12(10-18-19)9-17-15(20)8-7-13-5-3-4-6-14(13)16/h3-8,10-11H,2,9H2,1H3,(H,17,20)/b8-7+. The lowest BCUT2D eigenvalue weighted by molar-refractivity contribution is -0.116. The maximum absolute atomic E-state index is 11.7. The lowest BCUT2D eigenvalue weighted by atomic mass is 10.2. The molecule has 0 bridgehead atoms. The van der Waals surface area contributed by atoms with Gasteiger partial charge in [0.1, 0.15) is 0 Å². The fourth-order valence-corrected chi connectivity index (χ4v) is 1.89. The number of aromatic nitrogens is 2. The van der Waals surface area contributed by atoms with E-state index in [1.54, 1.807) is 18.3 Å². The van der Waals surface area contributed by atoms with Crippen molar-refractivity contribution < 1.29 is 4.79 Å². The van der Waals surface area contributed by atoms with Crippen LogP contribution in [-0.2, 0) is 17.9 Å². The first-order valence-corrected chi connectivity index (χ1v) is 6.78. The lowest BCUT2D eigenvalue weighted by Gasteiger charge is -2.00. The van der Waals surface area contributed by atoms with Crippen LogP contribution in [0, 0.1) is 0 Å². The van der Waals surface area contributed by atoms with Gasteiger partial charge in [-0.1, -0.05) is 29.8 Å². The van der Waals surface area contributed by atoms with Crippen molar-refractivity contribution in [1.29, 1.82) is 0 Å². The summed E-state index contributed by atoms with van der Waals surface area (Å²) in [6.07, 6.45) is 6.85. The monoisotopic (exact) mass is 289 g/mol. The van der Waals surface area contributed by atoms with Gasteiger partial charge in [-0.2, -0.15) is 5.10 Å². The van der Waals surface area contributed by atoms with Crippen molar-refractivity contribution in [3.8, 4) is 0 Å². The summed E-state index contributed by atoms with van der Waals surface area (Å²) >= 11 is 6.01. The smallest absolute Gasteiger partial charge is 0.244 e. The highest BCUT2D eigenvalue weighted by Crippen LogP contribution is 2.15. The molecule has 0 radical (unpaired) electrons. The van der Waals surface area contributed by atoms with E-state index in [1.165, 1.54) is 6.08 Å². The number of halogens is 1. The first-order valence-electron chi connectivity index (χ1n) is 6.41. The summed E-state index contributed by atoms with van der Waals surface area (Å²) in [5.74, 6) is -0.158. The molecule has 0 saturated carbocycles. The highest BCUT2D eigenvalue weighted by Gasteiger charge is 2.00. The van der Waals surface area contributed by atoms with Crippen LogP contribution in [0.25, 0.3) is 6.08 Å². The maximum Gasteiger partial charge on any atom is 0.244 e. The predicted octanol–water partition coefficient (Wildman–Crippen LogP) is 2.89. The Morgan fingerprint density at radius 2 is 2.25 bits per heavy atom. The molecule has 1 heterocycles. The molecule has 20 heavy (non-hydrogen) atoms. The van der Waals surface area contributed by atoms with Crippen molar-refractivity contribution >= 4 is 23.6 Å². The fraction of sp³-hybridized carbons (Fsp3) is 0.200. The SMILES string of the molecule is CCn1cc(CNC(=O)/C=C/c2ccccc2Cl)cn1. The highest BCUT2D eigenvalue weighted by atomic mass is 35.5. The molecule has 104 valence electrons. The van der Waals surface area contributed by atoms with Crippen molar-refractivity contribution in [2.45, 2.75) is 20.0 Å². The Balaban J connectivity index is 1.88. The minimum Gasteiger partial charge on any atom is -0.348 e. The molecule has 1 N–H and O–H groups in total. The summed E-state index contributed by atoms with van der Waals surface area (Å²) in [7, 11) is 0. The molecule has 0 saturated heterocycles. The quantitative estimate of drug-likeness (QED) is 0.860. The molecule has 0 aliphatic heterocycles. The summed E-state index contributed by atoms with van der Waals surface area (Å²) in [4.78, 5) is 11.7. The molecule has 0 unspecified atom stereocenters. The van der Waals surface area contributed by atoms with Gasteiger partial charge in [0.25, 0.3) is 0 Å². The molecular formula is C15H16ClN3O. The second-order valence-corrected chi connectivity index (χ2v) is 4.68. The molecule has 0 spiro atoms. The Hall–Kier alpha value is -2.07. The molecule has 1 aromatic carbocycles. The lowest BCUT2D eigenvalue weighted by Crippen LogP contribution is -2.19. The van der Waals surface area contributed by atoms with Gasteiger partial charge >= 0.3 is 0 Å². The van der Waals surface area contributed by atoms with Crippen molar-refractivity contribution in [3.63, 3.8) is 0 Å². The van der Waals surface area contributed by atoms with Crippen LogP contribution in [0.4, 0.5) is 0 Å². The minimum atomic E-state index is -0.158. The van der Waals surface area contributed by atoms with E-state index in [9.17, 15) is 4.79 Å². The third kappa shape index (κ3) is 3.96. The Labute approximate surface area is 123 Å². The van der Waals surface area contributed by atoms with Crippen LogP contribution in [0.5, 0.6) is 0 Å². The zero-order chi connectivity index (χ0) is 14.4. The number of aryl methyl sites for hydroxylation is 1. The molecule has 0 aliphatic carbocycles. The summed E-state index contributed by atoms with van der Waals surface area (Å²) in [5.41, 5.74) is 1.80. The molecule has 0 aliphatic rings. The van der Waals surface area contributed by atoms with E-state index in [1.807, 2.05) is 36.0 Å². The molecular weight excluding hydrogens is 274 g/mol. The van der Waals surface area contributed by atoms with Gasteiger partial charge < -0.3 is 5.32 Å². The maximum atomic E-state index is 11.7. The minimum absolute atomic E-state index is 0.158. The van der Waals surface area contributed by atoms with E-state index in [0.717, 1.165) is 17.7 Å². The normalized spacial score (nSPS) is 10.9. The third-order valence-electron chi connectivity index (χ3n) is 2.80. The molecule has 1 aromatic heterocycles. The van der Waals surface area contributed by atoms with E-state index >= 15 is 0 Å². The molecule has 1 amide bonds. The predicted molar refractivity (Wildman–Crippen MR) is 80.2 cm³/mol. The molecule has 2 aromatic rings. The second kappa shape index (κ2) is 6.91. The largest absolute Gasteiger partial charge is 0.348 e.